The van der Waals surface area contributed by atoms with Gasteiger partial charge in [0.05, 0.1) is 23.0 Å². The number of halogens is 1. The predicted molar refractivity (Wildman–Crippen MR) is 73.3 cm³/mol. The van der Waals surface area contributed by atoms with Crippen LogP contribution in [0.2, 0.25) is 0 Å². The number of non-ortho nitro benzene ring substituents is 1. The van der Waals surface area contributed by atoms with Crippen LogP contribution < -0.4 is 0 Å². The van der Waals surface area contributed by atoms with Crippen LogP contribution in [0.4, 0.5) is 5.69 Å². The molecule has 0 spiro atoms. The second-order valence-electron chi connectivity index (χ2n) is 4.27. The lowest BCUT2D eigenvalue weighted by Gasteiger charge is -2.03. The molecular formula is C13H14ClN3O2. The lowest BCUT2D eigenvalue weighted by atomic mass is 10.2. The topological polar surface area (TPSA) is 61.0 Å². The van der Waals surface area contributed by atoms with Gasteiger partial charge >= 0.3 is 0 Å². The first-order chi connectivity index (χ1) is 9.10. The number of alkyl halides is 1. The summed E-state index contributed by atoms with van der Waals surface area (Å²) in [5.41, 5.74) is 1.90. The Morgan fingerprint density at radius 1 is 1.53 bits per heavy atom. The van der Waals surface area contributed by atoms with Crippen LogP contribution in [0.5, 0.6) is 0 Å². The molecule has 19 heavy (non-hydrogen) atoms. The van der Waals surface area contributed by atoms with Crippen LogP contribution in [0.25, 0.3) is 0 Å². The van der Waals surface area contributed by atoms with Crippen molar-refractivity contribution in [1.82, 2.24) is 9.78 Å². The van der Waals surface area contributed by atoms with Crippen molar-refractivity contribution in [3.05, 3.63) is 57.9 Å². The molecule has 0 bridgehead atoms. The molecule has 6 heteroatoms. The van der Waals surface area contributed by atoms with E-state index >= 15 is 0 Å². The van der Waals surface area contributed by atoms with Gasteiger partial charge in [0, 0.05) is 23.9 Å². The summed E-state index contributed by atoms with van der Waals surface area (Å²) in [5.74, 6) is 0. The highest BCUT2D eigenvalue weighted by molar-refractivity contribution is 6.20. The second-order valence-corrected chi connectivity index (χ2v) is 4.80. The van der Waals surface area contributed by atoms with Crippen molar-refractivity contribution in [2.45, 2.75) is 25.3 Å². The Hall–Kier alpha value is -1.88. The fourth-order valence-electron chi connectivity index (χ4n) is 1.82. The Bertz CT molecular complexity index is 583. The average molecular weight is 280 g/mol. The monoisotopic (exact) mass is 279 g/mol. The highest BCUT2D eigenvalue weighted by Gasteiger charge is 2.09. The Morgan fingerprint density at radius 3 is 3.00 bits per heavy atom. The van der Waals surface area contributed by atoms with Crippen LogP contribution in [0.3, 0.4) is 0 Å². The molecule has 0 saturated heterocycles. The number of benzene rings is 1. The first-order valence-electron chi connectivity index (χ1n) is 6.00. The van der Waals surface area contributed by atoms with E-state index in [9.17, 15) is 10.1 Å². The van der Waals surface area contributed by atoms with E-state index in [4.69, 9.17) is 11.6 Å². The molecule has 0 aliphatic heterocycles. The SMILES string of the molecule is CCC(Cl)c1cnn(Cc2cccc([N+](=O)[O-])c2)c1. The van der Waals surface area contributed by atoms with E-state index in [2.05, 4.69) is 5.10 Å². The van der Waals surface area contributed by atoms with Gasteiger partial charge in [-0.25, -0.2) is 0 Å². The second kappa shape index (κ2) is 5.84. The molecule has 1 aromatic carbocycles. The molecule has 1 heterocycles. The minimum absolute atomic E-state index is 0.0427. The van der Waals surface area contributed by atoms with Gasteiger partial charge in [0.15, 0.2) is 0 Å². The van der Waals surface area contributed by atoms with Crippen LogP contribution in [0, 0.1) is 10.1 Å². The Kier molecular flexibility index (Phi) is 4.16. The van der Waals surface area contributed by atoms with E-state index in [0.29, 0.717) is 6.54 Å². The first kappa shape index (κ1) is 13.5. The zero-order valence-corrected chi connectivity index (χ0v) is 11.2. The van der Waals surface area contributed by atoms with Gasteiger partial charge in [-0.1, -0.05) is 19.1 Å². The fraction of sp³-hybridized carbons (Fsp3) is 0.308. The van der Waals surface area contributed by atoms with E-state index in [-0.39, 0.29) is 11.1 Å². The van der Waals surface area contributed by atoms with Crippen LogP contribution in [0.15, 0.2) is 36.7 Å². The highest BCUT2D eigenvalue weighted by atomic mass is 35.5. The predicted octanol–water partition coefficient (Wildman–Crippen LogP) is 3.53. The third-order valence-corrected chi connectivity index (χ3v) is 3.40. The number of nitro benzene ring substituents is 1. The molecule has 0 radical (unpaired) electrons. The molecule has 0 aliphatic carbocycles. The highest BCUT2D eigenvalue weighted by Crippen LogP contribution is 2.23. The number of aromatic nitrogens is 2. The van der Waals surface area contributed by atoms with Crippen molar-refractivity contribution in [2.75, 3.05) is 0 Å². The maximum atomic E-state index is 10.7. The quantitative estimate of drug-likeness (QED) is 0.478. The third-order valence-electron chi connectivity index (χ3n) is 2.84. The molecule has 0 aliphatic rings. The molecule has 1 unspecified atom stereocenters. The lowest BCUT2D eigenvalue weighted by Crippen LogP contribution is -2.00. The number of hydrogen-bond acceptors (Lipinski definition) is 3. The summed E-state index contributed by atoms with van der Waals surface area (Å²) in [6.45, 7) is 2.50. The number of nitro groups is 1. The van der Waals surface area contributed by atoms with E-state index in [0.717, 1.165) is 17.5 Å². The lowest BCUT2D eigenvalue weighted by molar-refractivity contribution is -0.384. The van der Waals surface area contributed by atoms with Gasteiger partial charge in [-0.15, -0.1) is 11.6 Å². The van der Waals surface area contributed by atoms with Crippen molar-refractivity contribution in [1.29, 1.82) is 0 Å². The Labute approximate surface area is 116 Å². The molecule has 100 valence electrons. The van der Waals surface area contributed by atoms with Crippen molar-refractivity contribution < 1.29 is 4.92 Å². The van der Waals surface area contributed by atoms with Crippen LogP contribution in [-0.2, 0) is 6.54 Å². The first-order valence-corrected chi connectivity index (χ1v) is 6.43. The van der Waals surface area contributed by atoms with E-state index < -0.39 is 4.92 Å². The van der Waals surface area contributed by atoms with Crippen molar-refractivity contribution >= 4 is 17.3 Å². The van der Waals surface area contributed by atoms with Gasteiger partial charge in [-0.2, -0.15) is 5.10 Å². The molecule has 2 aromatic rings. The molecular weight excluding hydrogens is 266 g/mol. The molecule has 0 amide bonds. The van der Waals surface area contributed by atoms with Gasteiger partial charge < -0.3 is 0 Å². The molecule has 5 nitrogen and oxygen atoms in total. The summed E-state index contributed by atoms with van der Waals surface area (Å²) >= 11 is 6.13. The normalized spacial score (nSPS) is 12.3. The van der Waals surface area contributed by atoms with Crippen molar-refractivity contribution in [3.8, 4) is 0 Å². The zero-order valence-electron chi connectivity index (χ0n) is 10.5. The van der Waals surface area contributed by atoms with Crippen LogP contribution >= 0.6 is 11.6 Å². The smallest absolute Gasteiger partial charge is 0.268 e. The van der Waals surface area contributed by atoms with E-state index in [1.165, 1.54) is 6.07 Å². The number of rotatable bonds is 5. The summed E-state index contributed by atoms with van der Waals surface area (Å²) in [6, 6.07) is 6.55. The summed E-state index contributed by atoms with van der Waals surface area (Å²) in [7, 11) is 0. The van der Waals surface area contributed by atoms with Gasteiger partial charge in [-0.3, -0.25) is 14.8 Å². The molecule has 2 rings (SSSR count). The van der Waals surface area contributed by atoms with E-state index in [1.807, 2.05) is 19.2 Å². The van der Waals surface area contributed by atoms with Crippen molar-refractivity contribution in [2.24, 2.45) is 0 Å². The largest absolute Gasteiger partial charge is 0.269 e. The van der Waals surface area contributed by atoms with Gasteiger partial charge in [0.1, 0.15) is 0 Å². The van der Waals surface area contributed by atoms with Crippen LogP contribution in [0.1, 0.15) is 29.8 Å². The molecule has 0 fully saturated rings. The zero-order chi connectivity index (χ0) is 13.8. The average Bonchev–Trinajstić information content (AvgIpc) is 2.86. The fourth-order valence-corrected chi connectivity index (χ4v) is 1.93. The summed E-state index contributed by atoms with van der Waals surface area (Å²) in [6.07, 6.45) is 4.45. The van der Waals surface area contributed by atoms with Crippen molar-refractivity contribution in [3.63, 3.8) is 0 Å². The maximum absolute atomic E-state index is 10.7. The molecule has 1 atom stereocenters. The number of hydrogen-bond donors (Lipinski definition) is 0. The maximum Gasteiger partial charge on any atom is 0.269 e. The minimum Gasteiger partial charge on any atom is -0.268 e. The minimum atomic E-state index is -0.399. The third kappa shape index (κ3) is 3.32. The van der Waals surface area contributed by atoms with Gasteiger partial charge in [-0.05, 0) is 12.0 Å². The summed E-state index contributed by atoms with van der Waals surface area (Å²) < 4.78 is 1.74. The van der Waals surface area contributed by atoms with Gasteiger partial charge in [0.2, 0.25) is 0 Å². The Balaban J connectivity index is 2.15. The molecule has 1 aromatic heterocycles. The standard InChI is InChI=1S/C13H14ClN3O2/c1-2-13(14)11-7-15-16(9-11)8-10-4-3-5-12(6-10)17(18)19/h3-7,9,13H,2,8H2,1H3. The summed E-state index contributed by atoms with van der Waals surface area (Å²) in [5, 5.41) is 14.9. The van der Waals surface area contributed by atoms with Gasteiger partial charge in [0.25, 0.3) is 5.69 Å². The number of nitrogens with zero attached hydrogens (tertiary/aromatic N) is 3. The molecule has 0 saturated carbocycles. The van der Waals surface area contributed by atoms with E-state index in [1.54, 1.807) is 23.0 Å². The van der Waals surface area contributed by atoms with Crippen LogP contribution in [-0.4, -0.2) is 14.7 Å². The summed E-state index contributed by atoms with van der Waals surface area (Å²) in [4.78, 5) is 10.3. The Morgan fingerprint density at radius 2 is 2.32 bits per heavy atom. The molecule has 0 N–H and O–H groups in total.